The minimum absolute atomic E-state index is 0.0552. The lowest BCUT2D eigenvalue weighted by Crippen LogP contribution is -2.14. The number of amides is 1. The predicted molar refractivity (Wildman–Crippen MR) is 94.6 cm³/mol. The molecule has 0 heterocycles. The van der Waals surface area contributed by atoms with Crippen molar-refractivity contribution in [3.8, 4) is 11.8 Å². The van der Waals surface area contributed by atoms with E-state index in [4.69, 9.17) is 5.26 Å². The molecule has 122 valence electrons. The number of anilines is 2. The molecule has 0 aliphatic rings. The van der Waals surface area contributed by atoms with E-state index < -0.39 is 5.91 Å². The van der Waals surface area contributed by atoms with E-state index in [-0.39, 0.29) is 17.0 Å². The molecule has 0 unspecified atom stereocenters. The third kappa shape index (κ3) is 4.37. The van der Waals surface area contributed by atoms with Crippen LogP contribution in [0.4, 0.5) is 11.4 Å². The minimum atomic E-state index is -0.592. The lowest BCUT2D eigenvalue weighted by Gasteiger charge is -2.08. The summed E-state index contributed by atoms with van der Waals surface area (Å²) in [5, 5.41) is 24.3. The molecule has 0 saturated heterocycles. The molecule has 0 saturated carbocycles. The van der Waals surface area contributed by atoms with Crippen LogP contribution < -0.4 is 10.6 Å². The van der Waals surface area contributed by atoms with Crippen LogP contribution in [0.15, 0.2) is 60.3 Å². The second-order valence-electron chi connectivity index (χ2n) is 5.56. The third-order valence-electron chi connectivity index (χ3n) is 3.48. The molecule has 0 fully saturated rings. The third-order valence-corrected chi connectivity index (χ3v) is 3.48. The Morgan fingerprint density at radius 1 is 1.17 bits per heavy atom. The number of carbonyl (C=O) groups excluding carboxylic acids is 1. The highest BCUT2D eigenvalue weighted by Crippen LogP contribution is 2.22. The zero-order valence-corrected chi connectivity index (χ0v) is 13.6. The van der Waals surface area contributed by atoms with Crippen LogP contribution in [0, 0.1) is 11.3 Å². The second-order valence-corrected chi connectivity index (χ2v) is 5.56. The Morgan fingerprint density at radius 3 is 2.42 bits per heavy atom. The van der Waals surface area contributed by atoms with Crippen LogP contribution in [-0.4, -0.2) is 11.0 Å². The zero-order chi connectivity index (χ0) is 17.5. The van der Waals surface area contributed by atoms with Crippen LogP contribution in [0.1, 0.15) is 25.3 Å². The summed E-state index contributed by atoms with van der Waals surface area (Å²) in [4.78, 5) is 12.1. The number of phenolic OH excluding ortho intramolecular Hbond substituents is 1. The average molecular weight is 321 g/mol. The molecule has 3 N–H and O–H groups in total. The van der Waals surface area contributed by atoms with Crippen molar-refractivity contribution in [3.63, 3.8) is 0 Å². The molecule has 2 rings (SSSR count). The van der Waals surface area contributed by atoms with Crippen LogP contribution in [0.2, 0.25) is 0 Å². The number of hydrogen-bond donors (Lipinski definition) is 3. The van der Waals surface area contributed by atoms with Crippen LogP contribution >= 0.6 is 0 Å². The molecular formula is C19H19N3O2. The highest BCUT2D eigenvalue weighted by Gasteiger charge is 2.11. The van der Waals surface area contributed by atoms with E-state index in [1.807, 2.05) is 30.3 Å². The van der Waals surface area contributed by atoms with Crippen LogP contribution in [0.25, 0.3) is 0 Å². The molecular weight excluding hydrogens is 302 g/mol. The van der Waals surface area contributed by atoms with Gasteiger partial charge in [0.05, 0.1) is 5.69 Å². The van der Waals surface area contributed by atoms with Crippen LogP contribution in [0.5, 0.6) is 5.75 Å². The first-order valence-electron chi connectivity index (χ1n) is 7.57. The maximum Gasteiger partial charge on any atom is 0.267 e. The van der Waals surface area contributed by atoms with Crippen molar-refractivity contribution in [2.75, 3.05) is 10.6 Å². The van der Waals surface area contributed by atoms with E-state index in [1.165, 1.54) is 17.8 Å². The monoisotopic (exact) mass is 321 g/mol. The van der Waals surface area contributed by atoms with Gasteiger partial charge in [0.15, 0.2) is 0 Å². The maximum atomic E-state index is 12.1. The Kier molecular flexibility index (Phi) is 5.58. The molecule has 0 aliphatic carbocycles. The second kappa shape index (κ2) is 7.84. The Hall–Kier alpha value is -3.26. The number of nitriles is 1. The first kappa shape index (κ1) is 17.1. The summed E-state index contributed by atoms with van der Waals surface area (Å²) in [6, 6.07) is 16.0. The fourth-order valence-electron chi connectivity index (χ4n) is 2.04. The number of para-hydroxylation sites is 2. The molecule has 2 aromatic carbocycles. The summed E-state index contributed by atoms with van der Waals surface area (Å²) in [7, 11) is 0. The van der Waals surface area contributed by atoms with Gasteiger partial charge in [-0.2, -0.15) is 5.26 Å². The summed E-state index contributed by atoms with van der Waals surface area (Å²) >= 11 is 0. The summed E-state index contributed by atoms with van der Waals surface area (Å²) < 4.78 is 0. The van der Waals surface area contributed by atoms with E-state index in [0.717, 1.165) is 5.69 Å². The van der Waals surface area contributed by atoms with Gasteiger partial charge in [-0.25, -0.2) is 0 Å². The van der Waals surface area contributed by atoms with Gasteiger partial charge in [-0.1, -0.05) is 38.1 Å². The first-order chi connectivity index (χ1) is 11.5. The van der Waals surface area contributed by atoms with Crippen LogP contribution in [-0.2, 0) is 4.79 Å². The van der Waals surface area contributed by atoms with E-state index >= 15 is 0 Å². The van der Waals surface area contributed by atoms with Gasteiger partial charge < -0.3 is 15.7 Å². The molecule has 0 bridgehead atoms. The van der Waals surface area contributed by atoms with Gasteiger partial charge in [-0.15, -0.1) is 0 Å². The number of rotatable bonds is 5. The number of benzene rings is 2. The summed E-state index contributed by atoms with van der Waals surface area (Å²) in [5.41, 5.74) is 2.15. The van der Waals surface area contributed by atoms with Gasteiger partial charge >= 0.3 is 0 Å². The maximum absolute atomic E-state index is 12.1. The summed E-state index contributed by atoms with van der Waals surface area (Å²) in [6.45, 7) is 4.22. The molecule has 1 amide bonds. The number of phenols is 1. The van der Waals surface area contributed by atoms with Crippen molar-refractivity contribution in [2.24, 2.45) is 0 Å². The average Bonchev–Trinajstić information content (AvgIpc) is 2.58. The van der Waals surface area contributed by atoms with Crippen molar-refractivity contribution >= 4 is 17.3 Å². The van der Waals surface area contributed by atoms with Crippen LogP contribution in [0.3, 0.4) is 0 Å². The highest BCUT2D eigenvalue weighted by molar-refractivity contribution is 6.07. The number of carbonyl (C=O) groups is 1. The summed E-state index contributed by atoms with van der Waals surface area (Å²) in [5.74, 6) is -0.209. The molecule has 5 nitrogen and oxygen atoms in total. The first-order valence-corrected chi connectivity index (χ1v) is 7.57. The van der Waals surface area contributed by atoms with E-state index in [2.05, 4.69) is 24.5 Å². The Morgan fingerprint density at radius 2 is 1.83 bits per heavy atom. The lowest BCUT2D eigenvalue weighted by molar-refractivity contribution is -0.112. The van der Waals surface area contributed by atoms with Crippen molar-refractivity contribution in [1.82, 2.24) is 0 Å². The molecule has 0 atom stereocenters. The number of nitrogens with one attached hydrogen (secondary N) is 2. The Bertz CT molecular complexity index is 787. The highest BCUT2D eigenvalue weighted by atomic mass is 16.3. The van der Waals surface area contributed by atoms with E-state index in [0.29, 0.717) is 5.92 Å². The van der Waals surface area contributed by atoms with Gasteiger partial charge in [0.2, 0.25) is 0 Å². The Balaban J connectivity index is 2.07. The van der Waals surface area contributed by atoms with E-state index in [9.17, 15) is 9.90 Å². The van der Waals surface area contributed by atoms with Gasteiger partial charge in [0, 0.05) is 11.9 Å². The fourth-order valence-corrected chi connectivity index (χ4v) is 2.04. The Labute approximate surface area is 141 Å². The largest absolute Gasteiger partial charge is 0.506 e. The fraction of sp³-hybridized carbons (Fsp3) is 0.158. The zero-order valence-electron chi connectivity index (χ0n) is 13.6. The minimum Gasteiger partial charge on any atom is -0.506 e. The van der Waals surface area contributed by atoms with E-state index in [1.54, 1.807) is 18.2 Å². The molecule has 0 aliphatic heterocycles. The van der Waals surface area contributed by atoms with Gasteiger partial charge in [-0.05, 0) is 35.7 Å². The molecule has 0 aromatic heterocycles. The molecule has 0 radical (unpaired) electrons. The van der Waals surface area contributed by atoms with Gasteiger partial charge in [0.1, 0.15) is 17.4 Å². The normalized spacial score (nSPS) is 11.0. The van der Waals surface area contributed by atoms with Crippen molar-refractivity contribution < 1.29 is 9.90 Å². The molecule has 2 aromatic rings. The van der Waals surface area contributed by atoms with Crippen molar-refractivity contribution in [2.45, 2.75) is 19.8 Å². The van der Waals surface area contributed by atoms with Gasteiger partial charge in [-0.3, -0.25) is 4.79 Å². The predicted octanol–water partition coefficient (Wildman–Crippen LogP) is 3.97. The summed E-state index contributed by atoms with van der Waals surface area (Å²) in [6.07, 6.45) is 1.35. The molecule has 0 spiro atoms. The van der Waals surface area contributed by atoms with Gasteiger partial charge in [0.25, 0.3) is 5.91 Å². The standard InChI is InChI=1S/C19H19N3O2/c1-13(2)14-7-9-16(10-8-14)21-12-15(11-20)19(24)22-17-5-3-4-6-18(17)23/h3-10,12-13,21,23H,1-2H3,(H,22,24)/b15-12-. The number of hydrogen-bond acceptors (Lipinski definition) is 4. The molecule has 5 heteroatoms. The number of aromatic hydroxyl groups is 1. The lowest BCUT2D eigenvalue weighted by atomic mass is 10.0. The number of nitrogens with zero attached hydrogens (tertiary/aromatic N) is 1. The SMILES string of the molecule is CC(C)c1ccc(N/C=C(/C#N)C(=O)Nc2ccccc2O)cc1. The smallest absolute Gasteiger partial charge is 0.267 e. The topological polar surface area (TPSA) is 85.2 Å². The quantitative estimate of drug-likeness (QED) is 0.442. The molecule has 24 heavy (non-hydrogen) atoms. The van der Waals surface area contributed by atoms with Crippen molar-refractivity contribution in [3.05, 3.63) is 65.9 Å². The van der Waals surface area contributed by atoms with Crippen molar-refractivity contribution in [1.29, 1.82) is 5.26 Å².